The summed E-state index contributed by atoms with van der Waals surface area (Å²) in [6.45, 7) is 12.0. The summed E-state index contributed by atoms with van der Waals surface area (Å²) in [4.78, 5) is 4.64. The van der Waals surface area contributed by atoms with Crippen molar-refractivity contribution in [2.45, 2.75) is 33.7 Å². The van der Waals surface area contributed by atoms with E-state index in [2.05, 4.69) is 69.8 Å². The van der Waals surface area contributed by atoms with Crippen LogP contribution in [0.2, 0.25) is 0 Å². The van der Waals surface area contributed by atoms with Crippen molar-refractivity contribution in [3.8, 4) is 0 Å². The average molecular weight is 224 g/mol. The molecule has 2 nitrogen and oxygen atoms in total. The number of allylic oxidation sites excluding steroid dienone is 1. The van der Waals surface area contributed by atoms with Crippen molar-refractivity contribution in [3.63, 3.8) is 0 Å². The van der Waals surface area contributed by atoms with Gasteiger partial charge in [-0.15, -0.1) is 0 Å². The second kappa shape index (κ2) is 8.54. The number of rotatable bonds is 7. The fourth-order valence-corrected chi connectivity index (χ4v) is 1.79. The van der Waals surface area contributed by atoms with E-state index in [0.717, 1.165) is 19.6 Å². The maximum absolute atomic E-state index is 2.44. The van der Waals surface area contributed by atoms with Gasteiger partial charge in [0.1, 0.15) is 0 Å². The first-order valence-electron chi connectivity index (χ1n) is 6.27. The largest absolute Gasteiger partial charge is 0.305 e. The van der Waals surface area contributed by atoms with Gasteiger partial charge in [0.05, 0.1) is 0 Å². The van der Waals surface area contributed by atoms with Crippen molar-refractivity contribution < 1.29 is 0 Å². The predicted octanol–water partition coefficient (Wildman–Crippen LogP) is 2.78. The lowest BCUT2D eigenvalue weighted by Crippen LogP contribution is -2.31. The van der Waals surface area contributed by atoms with Gasteiger partial charge in [-0.05, 0) is 46.6 Å². The second-order valence-electron chi connectivity index (χ2n) is 4.42. The molecule has 0 aliphatic carbocycles. The van der Waals surface area contributed by atoms with E-state index in [0.29, 0.717) is 6.04 Å². The van der Waals surface area contributed by atoms with Crippen LogP contribution < -0.4 is 0 Å². The molecular weight excluding hydrogens is 196 g/mol. The summed E-state index contributed by atoms with van der Waals surface area (Å²) in [7, 11) is 4.20. The van der Waals surface area contributed by atoms with Crippen LogP contribution in [-0.4, -0.2) is 49.6 Å². The molecule has 0 bridgehead atoms. The minimum Gasteiger partial charge on any atom is -0.305 e. The van der Waals surface area contributed by atoms with E-state index < -0.39 is 0 Å². The second-order valence-corrected chi connectivity index (χ2v) is 4.42. The van der Waals surface area contributed by atoms with Crippen LogP contribution in [-0.2, 0) is 0 Å². The molecule has 0 rings (SSSR count). The Bertz CT molecular complexity index is 225. The SMILES string of the molecule is C/C=C(\C=C/C(C)N(CC)CC)CN(C)C. The van der Waals surface area contributed by atoms with Crippen molar-refractivity contribution in [1.82, 2.24) is 9.80 Å². The molecule has 0 fully saturated rings. The minimum absolute atomic E-state index is 0.520. The third-order valence-corrected chi connectivity index (χ3v) is 2.85. The van der Waals surface area contributed by atoms with E-state index >= 15 is 0 Å². The van der Waals surface area contributed by atoms with E-state index in [9.17, 15) is 0 Å². The molecular formula is C14H28N2. The average Bonchev–Trinajstić information content (AvgIpc) is 2.25. The van der Waals surface area contributed by atoms with Crippen LogP contribution in [0.15, 0.2) is 23.8 Å². The van der Waals surface area contributed by atoms with E-state index in [1.807, 2.05) is 0 Å². The third kappa shape index (κ3) is 6.09. The Hall–Kier alpha value is -0.600. The molecule has 0 heterocycles. The van der Waals surface area contributed by atoms with Gasteiger partial charge < -0.3 is 4.90 Å². The van der Waals surface area contributed by atoms with Gasteiger partial charge in [0.2, 0.25) is 0 Å². The lowest BCUT2D eigenvalue weighted by Gasteiger charge is -2.23. The molecule has 1 atom stereocenters. The quantitative estimate of drug-likeness (QED) is 0.614. The Balaban J connectivity index is 4.33. The van der Waals surface area contributed by atoms with E-state index in [4.69, 9.17) is 0 Å². The number of hydrogen-bond donors (Lipinski definition) is 0. The van der Waals surface area contributed by atoms with Gasteiger partial charge in [-0.3, -0.25) is 4.90 Å². The molecule has 0 N–H and O–H groups in total. The summed E-state index contributed by atoms with van der Waals surface area (Å²) in [6.07, 6.45) is 6.74. The van der Waals surface area contributed by atoms with Gasteiger partial charge in [0.15, 0.2) is 0 Å². The highest BCUT2D eigenvalue weighted by Gasteiger charge is 2.05. The highest BCUT2D eigenvalue weighted by molar-refractivity contribution is 5.20. The summed E-state index contributed by atoms with van der Waals surface area (Å²) in [6, 6.07) is 0.520. The molecule has 1 unspecified atom stereocenters. The Labute approximate surface area is 102 Å². The first kappa shape index (κ1) is 15.4. The summed E-state index contributed by atoms with van der Waals surface area (Å²) in [5.74, 6) is 0. The summed E-state index contributed by atoms with van der Waals surface area (Å²) >= 11 is 0. The monoisotopic (exact) mass is 224 g/mol. The van der Waals surface area contributed by atoms with Crippen LogP contribution in [0.4, 0.5) is 0 Å². The Morgan fingerprint density at radius 1 is 1.19 bits per heavy atom. The Kier molecular flexibility index (Phi) is 8.22. The minimum atomic E-state index is 0.520. The molecule has 0 aromatic rings. The van der Waals surface area contributed by atoms with Crippen LogP contribution >= 0.6 is 0 Å². The van der Waals surface area contributed by atoms with Gasteiger partial charge >= 0.3 is 0 Å². The van der Waals surface area contributed by atoms with Gasteiger partial charge in [-0.25, -0.2) is 0 Å². The van der Waals surface area contributed by atoms with Crippen LogP contribution in [0.25, 0.3) is 0 Å². The van der Waals surface area contributed by atoms with E-state index in [-0.39, 0.29) is 0 Å². The van der Waals surface area contributed by atoms with Crippen LogP contribution in [0.1, 0.15) is 27.7 Å². The molecule has 0 aliphatic heterocycles. The van der Waals surface area contributed by atoms with Crippen molar-refractivity contribution in [2.75, 3.05) is 33.7 Å². The van der Waals surface area contributed by atoms with Crippen LogP contribution in [0.5, 0.6) is 0 Å². The van der Waals surface area contributed by atoms with E-state index in [1.54, 1.807) is 0 Å². The first-order valence-corrected chi connectivity index (χ1v) is 6.27. The predicted molar refractivity (Wildman–Crippen MR) is 73.8 cm³/mol. The standard InChI is InChI=1S/C14H28N2/c1-7-14(12-15(5)6)11-10-13(4)16(8-2)9-3/h7,10-11,13H,8-9,12H2,1-6H3/b11-10-,14-7+. The van der Waals surface area contributed by atoms with Gasteiger partial charge in [0.25, 0.3) is 0 Å². The maximum Gasteiger partial charge on any atom is 0.0252 e. The topological polar surface area (TPSA) is 6.48 Å². The zero-order valence-electron chi connectivity index (χ0n) is 11.8. The fraction of sp³-hybridized carbons (Fsp3) is 0.714. The highest BCUT2D eigenvalue weighted by Crippen LogP contribution is 2.04. The molecule has 0 aromatic heterocycles. The van der Waals surface area contributed by atoms with Gasteiger partial charge in [0, 0.05) is 12.6 Å². The first-order chi connectivity index (χ1) is 7.54. The molecule has 0 spiro atoms. The van der Waals surface area contributed by atoms with Crippen LogP contribution in [0, 0.1) is 0 Å². The molecule has 16 heavy (non-hydrogen) atoms. The normalized spacial score (nSPS) is 15.4. The lowest BCUT2D eigenvalue weighted by atomic mass is 10.1. The van der Waals surface area contributed by atoms with Crippen molar-refractivity contribution in [1.29, 1.82) is 0 Å². The summed E-state index contributed by atoms with van der Waals surface area (Å²) < 4.78 is 0. The summed E-state index contributed by atoms with van der Waals surface area (Å²) in [5.41, 5.74) is 1.38. The Morgan fingerprint density at radius 2 is 1.75 bits per heavy atom. The molecule has 0 aromatic carbocycles. The number of likely N-dealkylation sites (N-methyl/N-ethyl adjacent to an activating group) is 2. The fourth-order valence-electron chi connectivity index (χ4n) is 1.79. The zero-order valence-corrected chi connectivity index (χ0v) is 11.8. The number of nitrogens with zero attached hydrogens (tertiary/aromatic N) is 2. The molecule has 0 radical (unpaired) electrons. The summed E-state index contributed by atoms with van der Waals surface area (Å²) in [5, 5.41) is 0. The molecule has 0 aliphatic rings. The van der Waals surface area contributed by atoms with E-state index in [1.165, 1.54) is 5.57 Å². The van der Waals surface area contributed by atoms with Gasteiger partial charge in [-0.2, -0.15) is 0 Å². The van der Waals surface area contributed by atoms with Crippen molar-refractivity contribution in [2.24, 2.45) is 0 Å². The smallest absolute Gasteiger partial charge is 0.0252 e. The third-order valence-electron chi connectivity index (χ3n) is 2.85. The zero-order chi connectivity index (χ0) is 12.6. The maximum atomic E-state index is 2.44. The molecule has 0 saturated heterocycles. The number of hydrogen-bond acceptors (Lipinski definition) is 2. The molecule has 0 saturated carbocycles. The van der Waals surface area contributed by atoms with Crippen LogP contribution in [0.3, 0.4) is 0 Å². The molecule has 0 amide bonds. The molecule has 94 valence electrons. The van der Waals surface area contributed by atoms with Gasteiger partial charge in [-0.1, -0.05) is 32.1 Å². The highest BCUT2D eigenvalue weighted by atomic mass is 15.1. The lowest BCUT2D eigenvalue weighted by molar-refractivity contribution is 0.268. The Morgan fingerprint density at radius 3 is 2.12 bits per heavy atom. The van der Waals surface area contributed by atoms with Crippen molar-refractivity contribution >= 4 is 0 Å². The van der Waals surface area contributed by atoms with Crippen molar-refractivity contribution in [3.05, 3.63) is 23.8 Å². The molecule has 2 heteroatoms.